The first kappa shape index (κ1) is 107. The van der Waals surface area contributed by atoms with Crippen LogP contribution in [0.25, 0.3) is 21.0 Å². The molecule has 9 rings (SSSR count). The monoisotopic (exact) mass is 1940 g/mol. The standard InChI is InChI=1S/C93H125N19O23S2/c1-7-9-21-70-87(129)104-64(35-51(3)4)85(127)107-69(83(125)99-44-77(96)117)49-136-50-79(119)101-66(36-52-25-27-57(113)28-26-52)90(132)110(47-81(122)123)46-78(118)100-68(42-76(95)116)92(134)111-34-16-23-71(111)88(130)105-65(40-56-17-15-33-97-56)86(128)103-63(29-30-80(120)121)91(133)112-45-58(114)41-73(112)74(115)39-53(37-54-43-98-61-20-13-11-18-59(54)61)82(124)102-62(31-32-94)84(126)106-67(38-55-48-137-75-24-14-12-19-60(55)75)89(131)109(6)72(22-10-8-2)93(135)108(70)5/h11-14,17-20,24-28,33,43,48,51,53,58,62-73,98,113-114H,7-10,15-16,21-23,29-32,34-42,44-47,49-50,94H2,1-6H3,(H2,95,116)(H2,96,117)(H,99,125)(H,100,118)(H,101,119)(H,102,124)(H,103,128)(H,104,129)(H,105,130)(H,106,126)(H,107,127)(H,120,121)(H,122,123)/t53-,58-,62+,63+,64+,65+,66+,67+,68+,69+,70+,71+,72+,73+/m1/s1. The van der Waals surface area contributed by atoms with Crippen molar-refractivity contribution >= 4 is 163 Å². The number of thioether (sulfide) groups is 1. The number of aromatic amines is 1. The number of carboxylic acid groups (broad SMARTS) is 2. The van der Waals surface area contributed by atoms with Gasteiger partial charge in [-0.15, -0.1) is 23.1 Å². The van der Waals surface area contributed by atoms with Crippen molar-refractivity contribution in [2.75, 3.05) is 64.9 Å². The summed E-state index contributed by atoms with van der Waals surface area (Å²) in [6.07, 6.45) is 0.273. The van der Waals surface area contributed by atoms with Crippen molar-refractivity contribution in [1.82, 2.24) is 77.3 Å². The van der Waals surface area contributed by atoms with Crippen LogP contribution in [0.3, 0.4) is 0 Å². The third-order valence-corrected chi connectivity index (χ3v) is 26.3. The minimum absolute atomic E-state index is 0.0118. The van der Waals surface area contributed by atoms with Gasteiger partial charge in [-0.25, -0.2) is 0 Å². The number of para-hydroxylation sites is 1. The number of fused-ring (bicyclic) bond motifs is 4. The minimum Gasteiger partial charge on any atom is -0.508 e. The molecule has 3 saturated heterocycles. The Morgan fingerprint density at radius 3 is 1.89 bits per heavy atom. The Labute approximate surface area is 799 Å². The Hall–Kier alpha value is -13.2. The number of aliphatic hydroxyl groups is 1. The van der Waals surface area contributed by atoms with E-state index in [0.717, 1.165) is 19.9 Å². The summed E-state index contributed by atoms with van der Waals surface area (Å²) in [6.45, 7) is 3.00. The SMILES string of the molecule is CCCC[C@H]1C(=O)N(C)[C@@H](CCCC)C(=O)N[C@@H](CC(C)C)C(=O)N[C@H](C(=O)NCC(N)=O)CSCC(=O)N[C@@H](Cc2ccc(O)cc2)C(=O)N(CC(=O)O)CC(=O)N[C@@H](CC(N)=O)C(=O)N2CCC[C@H]2C(=O)N[C@@H](CC2=CCC=N2)C(=O)N[C@@H](CCC(=O)O)C(=O)N2C[C@H](O)C[C@H]2C(=O)C[C@@H](Cc2c[nH]c3ccccc23)C(=O)N[C@@H](CCN)C(=O)N[C@@H](Cc2csc3ccccc23)C(=O)N1C. The maximum atomic E-state index is 15.8. The van der Waals surface area contributed by atoms with Crippen molar-refractivity contribution in [3.63, 3.8) is 0 Å². The van der Waals surface area contributed by atoms with Gasteiger partial charge in [0.15, 0.2) is 5.78 Å². The third-order valence-electron chi connectivity index (χ3n) is 24.3. The van der Waals surface area contributed by atoms with Gasteiger partial charge >= 0.3 is 11.9 Å². The number of benzene rings is 3. The maximum absolute atomic E-state index is 15.8. The fourth-order valence-electron chi connectivity index (χ4n) is 17.2. The number of H-pyrrole nitrogens is 1. The normalized spacial score (nSPS) is 24.5. The molecule has 0 radical (unpaired) electrons. The van der Waals surface area contributed by atoms with Crippen LogP contribution in [0.2, 0.25) is 0 Å². The number of aliphatic hydroxyl groups excluding tert-OH is 1. The molecule has 3 aromatic carbocycles. The fraction of sp³-hybridized carbons (Fsp3) is 0.527. The number of primary amides is 2. The molecule has 0 spiro atoms. The van der Waals surface area contributed by atoms with Gasteiger partial charge in [-0.05, 0) is 116 Å². The molecule has 0 unspecified atom stereocenters. The summed E-state index contributed by atoms with van der Waals surface area (Å²) in [6, 6.07) is 0.472. The maximum Gasteiger partial charge on any atom is 0.323 e. The minimum atomic E-state index is -1.94. The number of nitrogens with one attached hydrogen (secondary N) is 10. The summed E-state index contributed by atoms with van der Waals surface area (Å²) < 4.78 is 0.828. The average molecular weight is 1940 g/mol. The number of thiophene rings is 1. The lowest BCUT2D eigenvalue weighted by Crippen LogP contribution is -2.60. The summed E-state index contributed by atoms with van der Waals surface area (Å²) in [5, 5.41) is 68.8. The largest absolute Gasteiger partial charge is 0.508 e. The van der Waals surface area contributed by atoms with Gasteiger partial charge in [0.25, 0.3) is 0 Å². The molecule has 42 nitrogen and oxygen atoms in total. The number of ketones is 1. The molecule has 4 aliphatic heterocycles. The molecule has 6 heterocycles. The molecular formula is C93H125N19O23S2. The number of aromatic hydroxyl groups is 1. The first-order valence-electron chi connectivity index (χ1n) is 45.9. The molecule has 5 aromatic rings. The molecule has 742 valence electrons. The van der Waals surface area contributed by atoms with E-state index in [1.807, 2.05) is 37.4 Å². The van der Waals surface area contributed by atoms with E-state index in [-0.39, 0.29) is 100 Å². The van der Waals surface area contributed by atoms with Crippen LogP contribution >= 0.6 is 23.1 Å². The van der Waals surface area contributed by atoms with Gasteiger partial charge in [-0.2, -0.15) is 0 Å². The van der Waals surface area contributed by atoms with Gasteiger partial charge < -0.3 is 115 Å². The van der Waals surface area contributed by atoms with Gasteiger partial charge in [0, 0.05) is 118 Å². The zero-order valence-electron chi connectivity index (χ0n) is 77.5. The molecule has 0 aliphatic carbocycles. The summed E-state index contributed by atoms with van der Waals surface area (Å²) >= 11 is 2.07. The molecule has 2 aromatic heterocycles. The summed E-state index contributed by atoms with van der Waals surface area (Å²) in [7, 11) is 2.75. The number of aliphatic carboxylic acids is 2. The highest BCUT2D eigenvalue weighted by Gasteiger charge is 2.47. The molecule has 4 aliphatic rings. The Morgan fingerprint density at radius 1 is 0.599 bits per heavy atom. The number of likely N-dealkylation sites (N-methyl/N-ethyl adjacent to an activating group) is 2. The number of hydrogen-bond acceptors (Lipinski definition) is 25. The molecule has 14 atom stereocenters. The number of amides is 16. The molecule has 0 bridgehead atoms. The fourth-order valence-corrected chi connectivity index (χ4v) is 19.0. The van der Waals surface area contributed by atoms with E-state index in [1.54, 1.807) is 56.5 Å². The second-order valence-corrected chi connectivity index (χ2v) is 37.2. The molecular weight excluding hydrogens is 1820 g/mol. The zero-order chi connectivity index (χ0) is 100. The number of carbonyl (C=O) groups is 19. The highest BCUT2D eigenvalue weighted by atomic mass is 32.2. The number of nitrogens with zero attached hydrogens (tertiary/aromatic N) is 6. The van der Waals surface area contributed by atoms with Crippen LogP contribution in [0.4, 0.5) is 0 Å². The Morgan fingerprint density at radius 2 is 1.23 bits per heavy atom. The van der Waals surface area contributed by atoms with Crippen molar-refractivity contribution in [1.29, 1.82) is 0 Å². The molecule has 137 heavy (non-hydrogen) atoms. The molecule has 0 saturated carbocycles. The van der Waals surface area contributed by atoms with Crippen molar-refractivity contribution in [3.8, 4) is 5.75 Å². The van der Waals surface area contributed by atoms with Gasteiger partial charge in [0.2, 0.25) is 94.5 Å². The topological polar surface area (TPSA) is 636 Å². The number of phenols is 1. The van der Waals surface area contributed by atoms with E-state index in [4.69, 9.17) is 17.2 Å². The molecule has 44 heteroatoms. The molecule has 20 N–H and O–H groups in total. The summed E-state index contributed by atoms with van der Waals surface area (Å²) in [4.78, 5) is 288. The van der Waals surface area contributed by atoms with E-state index in [0.29, 0.717) is 64.4 Å². The van der Waals surface area contributed by atoms with Crippen molar-refractivity contribution < 1.29 is 112 Å². The van der Waals surface area contributed by atoms with Crippen molar-refractivity contribution in [2.24, 2.45) is 34.0 Å². The van der Waals surface area contributed by atoms with Gasteiger partial charge in [-0.3, -0.25) is 96.1 Å². The molecule has 3 fully saturated rings. The second kappa shape index (κ2) is 51.6. The van der Waals surface area contributed by atoms with E-state index in [1.165, 1.54) is 65.7 Å². The Balaban J connectivity index is 1.11. The smallest absolute Gasteiger partial charge is 0.323 e. The van der Waals surface area contributed by atoms with Crippen LogP contribution in [0.1, 0.15) is 154 Å². The van der Waals surface area contributed by atoms with Crippen LogP contribution in [0, 0.1) is 11.8 Å². The van der Waals surface area contributed by atoms with Crippen molar-refractivity contribution in [2.45, 2.75) is 235 Å². The number of unbranched alkanes of at least 4 members (excludes halogenated alkanes) is 2. The highest BCUT2D eigenvalue weighted by Crippen LogP contribution is 2.32. The first-order valence-corrected chi connectivity index (χ1v) is 47.9. The lowest BCUT2D eigenvalue weighted by Gasteiger charge is -2.36. The average Bonchev–Trinajstić information content (AvgIpc) is 1.71. The second-order valence-electron chi connectivity index (χ2n) is 35.2. The number of phenolic OH excluding ortho intramolecular Hbond substituents is 1. The Kier molecular flexibility index (Phi) is 40.5. The van der Waals surface area contributed by atoms with E-state index >= 15 is 38.4 Å². The van der Waals surface area contributed by atoms with Gasteiger partial charge in [0.1, 0.15) is 85.3 Å². The number of Topliss-reactive ketones (excluding diaryl/α,β-unsaturated/α-hetero) is 1. The predicted molar refractivity (Wildman–Crippen MR) is 504 cm³/mol. The number of carbonyl (C=O) groups excluding carboxylic acids is 17. The number of aromatic nitrogens is 1. The quantitative estimate of drug-likeness (QED) is 0.0306. The zero-order valence-corrected chi connectivity index (χ0v) is 79.1. The van der Waals surface area contributed by atoms with Crippen LogP contribution < -0.4 is 65.1 Å². The van der Waals surface area contributed by atoms with Crippen molar-refractivity contribution in [3.05, 3.63) is 113 Å². The number of nitrogens with two attached hydrogens (primary N) is 3. The number of hydrogen-bond donors (Lipinski definition) is 17. The number of carboxylic acids is 2. The lowest BCUT2D eigenvalue weighted by atomic mass is 9.90. The number of allylic oxidation sites excluding steroid dienone is 1. The van der Waals surface area contributed by atoms with E-state index < -0.39 is 273 Å². The van der Waals surface area contributed by atoms with Crippen LogP contribution in [-0.2, 0) is 110 Å². The number of rotatable bonds is 28. The predicted octanol–water partition coefficient (Wildman–Crippen LogP) is -0.298. The first-order chi connectivity index (χ1) is 65.3. The Bertz CT molecular complexity index is 5300. The molecule has 16 amide bonds. The lowest BCUT2D eigenvalue weighted by molar-refractivity contribution is -0.149. The van der Waals surface area contributed by atoms with Gasteiger partial charge in [-0.1, -0.05) is 108 Å². The van der Waals surface area contributed by atoms with E-state index in [2.05, 4.69) is 57.8 Å². The summed E-state index contributed by atoms with van der Waals surface area (Å²) in [5.41, 5.74) is 19.7. The van der Waals surface area contributed by atoms with Crippen LogP contribution in [-0.4, -0.2) is 312 Å². The number of aliphatic imine (C=N–C) groups is 1. The highest BCUT2D eigenvalue weighted by molar-refractivity contribution is 8.00. The summed E-state index contributed by atoms with van der Waals surface area (Å²) in [5.74, 6) is -23.0. The van der Waals surface area contributed by atoms with Crippen LogP contribution in [0.5, 0.6) is 5.75 Å². The third kappa shape index (κ3) is 30.9. The van der Waals surface area contributed by atoms with E-state index in [9.17, 15) is 73.2 Å². The van der Waals surface area contributed by atoms with Gasteiger partial charge in [0.05, 0.1) is 30.9 Å². The van der Waals surface area contributed by atoms with Crippen LogP contribution in [0.15, 0.2) is 101 Å².